The monoisotopic (exact) mass is 350 g/mol. The van der Waals surface area contributed by atoms with E-state index in [2.05, 4.69) is 36.4 Å². The Labute approximate surface area is 152 Å². The van der Waals surface area contributed by atoms with Crippen LogP contribution < -0.4 is 0 Å². The van der Waals surface area contributed by atoms with Crippen LogP contribution in [0, 0.1) is 0 Å². The van der Waals surface area contributed by atoms with E-state index in [1.807, 2.05) is 60.7 Å². The summed E-state index contributed by atoms with van der Waals surface area (Å²) >= 11 is 11.8. The fraction of sp³-hybridized carbons (Fsp3) is 0. The van der Waals surface area contributed by atoms with Crippen LogP contribution in [-0.2, 0) is 0 Å². The number of rotatable bonds is 4. The molecule has 0 N–H and O–H groups in total. The highest BCUT2D eigenvalue weighted by Crippen LogP contribution is 2.18. The molecule has 24 heavy (non-hydrogen) atoms. The second-order valence-electron chi connectivity index (χ2n) is 5.40. The molecule has 0 amide bonds. The molecule has 0 nitrogen and oxygen atoms in total. The molecule has 0 radical (unpaired) electrons. The van der Waals surface area contributed by atoms with Gasteiger partial charge in [-0.25, -0.2) is 0 Å². The molecule has 0 aromatic heterocycles. The van der Waals surface area contributed by atoms with E-state index < -0.39 is 0 Å². The highest BCUT2D eigenvalue weighted by atomic mass is 35.5. The van der Waals surface area contributed by atoms with Gasteiger partial charge in [0.2, 0.25) is 0 Å². The number of halogens is 2. The van der Waals surface area contributed by atoms with Crippen molar-refractivity contribution < 1.29 is 0 Å². The molecule has 3 aromatic rings. The van der Waals surface area contributed by atoms with E-state index in [1.54, 1.807) is 0 Å². The predicted molar refractivity (Wildman–Crippen MR) is 107 cm³/mol. The minimum Gasteiger partial charge on any atom is -0.0843 e. The lowest BCUT2D eigenvalue weighted by atomic mass is 10.0. The van der Waals surface area contributed by atoms with Crippen molar-refractivity contribution in [3.8, 4) is 0 Å². The van der Waals surface area contributed by atoms with Crippen molar-refractivity contribution in [2.75, 3.05) is 0 Å². The van der Waals surface area contributed by atoms with Gasteiger partial charge < -0.3 is 0 Å². The lowest BCUT2D eigenvalue weighted by Gasteiger charge is -2.01. The summed E-state index contributed by atoms with van der Waals surface area (Å²) in [5, 5.41) is 1.50. The van der Waals surface area contributed by atoms with E-state index in [-0.39, 0.29) is 0 Å². The highest BCUT2D eigenvalue weighted by molar-refractivity contribution is 6.30. The normalized spacial score (nSPS) is 11.4. The Morgan fingerprint density at radius 2 is 0.833 bits per heavy atom. The Hall–Kier alpha value is -2.28. The van der Waals surface area contributed by atoms with Crippen LogP contribution in [0.4, 0.5) is 0 Å². The summed E-state index contributed by atoms with van der Waals surface area (Å²) < 4.78 is 0. The van der Waals surface area contributed by atoms with Crippen LogP contribution in [0.25, 0.3) is 24.3 Å². The Morgan fingerprint density at radius 1 is 0.458 bits per heavy atom. The van der Waals surface area contributed by atoms with E-state index in [9.17, 15) is 0 Å². The summed E-state index contributed by atoms with van der Waals surface area (Å²) in [7, 11) is 0. The molecule has 0 saturated heterocycles. The van der Waals surface area contributed by atoms with Crippen LogP contribution in [0.3, 0.4) is 0 Å². The molecule has 0 unspecified atom stereocenters. The predicted octanol–water partition coefficient (Wildman–Crippen LogP) is 7.33. The van der Waals surface area contributed by atoms with Crippen LogP contribution in [0.15, 0.2) is 72.8 Å². The summed E-state index contributed by atoms with van der Waals surface area (Å²) in [6, 6.07) is 23.9. The molecule has 0 heterocycles. The van der Waals surface area contributed by atoms with Gasteiger partial charge in [-0.15, -0.1) is 0 Å². The van der Waals surface area contributed by atoms with Gasteiger partial charge in [-0.3, -0.25) is 0 Å². The molecule has 118 valence electrons. The summed E-state index contributed by atoms with van der Waals surface area (Å²) in [4.78, 5) is 0. The van der Waals surface area contributed by atoms with Crippen molar-refractivity contribution in [1.82, 2.24) is 0 Å². The SMILES string of the molecule is Clc1ccc(C=Cc2ccccc2C=Cc2ccc(Cl)cc2)cc1. The van der Waals surface area contributed by atoms with Crippen LogP contribution in [0.2, 0.25) is 10.0 Å². The smallest absolute Gasteiger partial charge is 0.0406 e. The first kappa shape index (κ1) is 16.6. The van der Waals surface area contributed by atoms with E-state index >= 15 is 0 Å². The Balaban J connectivity index is 1.82. The molecule has 0 atom stereocenters. The summed E-state index contributed by atoms with van der Waals surface area (Å²) in [6.07, 6.45) is 8.41. The zero-order valence-corrected chi connectivity index (χ0v) is 14.5. The molecular weight excluding hydrogens is 335 g/mol. The maximum absolute atomic E-state index is 5.92. The first-order chi connectivity index (χ1) is 11.7. The standard InChI is InChI=1S/C22H16Cl2/c23-21-13-7-17(8-14-21)5-11-19-3-1-2-4-20(19)12-6-18-9-15-22(24)16-10-18/h1-16H. The van der Waals surface area contributed by atoms with E-state index in [0.717, 1.165) is 32.3 Å². The highest BCUT2D eigenvalue weighted by Gasteiger charge is 1.96. The average molecular weight is 351 g/mol. The zero-order chi connectivity index (χ0) is 16.8. The summed E-state index contributed by atoms with van der Waals surface area (Å²) in [5.74, 6) is 0. The largest absolute Gasteiger partial charge is 0.0843 e. The molecule has 2 heteroatoms. The van der Waals surface area contributed by atoms with Gasteiger partial charge in [0.15, 0.2) is 0 Å². The number of benzene rings is 3. The van der Waals surface area contributed by atoms with Crippen molar-refractivity contribution in [3.05, 3.63) is 105 Å². The van der Waals surface area contributed by atoms with Crippen LogP contribution in [-0.4, -0.2) is 0 Å². The van der Waals surface area contributed by atoms with Crippen LogP contribution >= 0.6 is 23.2 Å². The van der Waals surface area contributed by atoms with Crippen LogP contribution in [0.5, 0.6) is 0 Å². The maximum atomic E-state index is 5.92. The first-order valence-corrected chi connectivity index (χ1v) is 8.43. The second-order valence-corrected chi connectivity index (χ2v) is 6.27. The molecule has 0 saturated carbocycles. The third-order valence-electron chi connectivity index (χ3n) is 3.65. The molecule has 0 spiro atoms. The Bertz CT molecular complexity index is 783. The molecule has 0 fully saturated rings. The molecular formula is C22H16Cl2. The third kappa shape index (κ3) is 4.61. The zero-order valence-electron chi connectivity index (χ0n) is 13.0. The molecule has 0 aliphatic carbocycles. The number of hydrogen-bond donors (Lipinski definition) is 0. The van der Waals surface area contributed by atoms with E-state index in [1.165, 1.54) is 0 Å². The third-order valence-corrected chi connectivity index (χ3v) is 4.15. The van der Waals surface area contributed by atoms with Gasteiger partial charge in [-0.1, -0.05) is 96.0 Å². The fourth-order valence-corrected chi connectivity index (χ4v) is 2.59. The van der Waals surface area contributed by atoms with E-state index in [0.29, 0.717) is 0 Å². The van der Waals surface area contributed by atoms with Crippen molar-refractivity contribution in [2.24, 2.45) is 0 Å². The number of hydrogen-bond acceptors (Lipinski definition) is 0. The van der Waals surface area contributed by atoms with Gasteiger partial charge in [0.1, 0.15) is 0 Å². The van der Waals surface area contributed by atoms with Gasteiger partial charge in [0.05, 0.1) is 0 Å². The van der Waals surface area contributed by atoms with Gasteiger partial charge in [0, 0.05) is 10.0 Å². The first-order valence-electron chi connectivity index (χ1n) is 7.67. The summed E-state index contributed by atoms with van der Waals surface area (Å²) in [6.45, 7) is 0. The molecule has 3 aromatic carbocycles. The second kappa shape index (κ2) is 8.01. The lowest BCUT2D eigenvalue weighted by Crippen LogP contribution is -1.80. The van der Waals surface area contributed by atoms with Gasteiger partial charge in [-0.2, -0.15) is 0 Å². The maximum Gasteiger partial charge on any atom is 0.0406 e. The van der Waals surface area contributed by atoms with Crippen LogP contribution in [0.1, 0.15) is 22.3 Å². The van der Waals surface area contributed by atoms with Crippen molar-refractivity contribution in [1.29, 1.82) is 0 Å². The minimum absolute atomic E-state index is 0.749. The fourth-order valence-electron chi connectivity index (χ4n) is 2.33. The van der Waals surface area contributed by atoms with Gasteiger partial charge in [-0.05, 0) is 46.5 Å². The van der Waals surface area contributed by atoms with Gasteiger partial charge >= 0.3 is 0 Å². The topological polar surface area (TPSA) is 0 Å². The Kier molecular flexibility index (Phi) is 5.53. The lowest BCUT2D eigenvalue weighted by molar-refractivity contribution is 1.61. The molecule has 0 bridgehead atoms. The average Bonchev–Trinajstić information content (AvgIpc) is 2.61. The van der Waals surface area contributed by atoms with Gasteiger partial charge in [0.25, 0.3) is 0 Å². The molecule has 0 aliphatic heterocycles. The molecule has 0 aliphatic rings. The van der Waals surface area contributed by atoms with Crippen molar-refractivity contribution in [3.63, 3.8) is 0 Å². The van der Waals surface area contributed by atoms with Crippen molar-refractivity contribution in [2.45, 2.75) is 0 Å². The quantitative estimate of drug-likeness (QED) is 0.432. The van der Waals surface area contributed by atoms with E-state index in [4.69, 9.17) is 23.2 Å². The van der Waals surface area contributed by atoms with Crippen molar-refractivity contribution >= 4 is 47.5 Å². The minimum atomic E-state index is 0.749. The molecule has 3 rings (SSSR count). The summed E-state index contributed by atoms with van der Waals surface area (Å²) in [5.41, 5.74) is 4.57. The Morgan fingerprint density at radius 3 is 1.21 bits per heavy atom.